The summed E-state index contributed by atoms with van der Waals surface area (Å²) in [7, 11) is 0. The third kappa shape index (κ3) is 2.50. The monoisotopic (exact) mass is 290 g/mol. The maximum absolute atomic E-state index is 2.56. The molecule has 0 radical (unpaired) electrons. The molecule has 4 aliphatic heterocycles. The summed E-state index contributed by atoms with van der Waals surface area (Å²) >= 11 is 0. The minimum Gasteiger partial charge on any atom is -0.371 e. The average Bonchev–Trinajstić information content (AvgIpc) is 2.90. The first-order valence-corrected chi connectivity index (χ1v) is 8.27. The highest BCUT2D eigenvalue weighted by Gasteiger charge is 2.26. The van der Waals surface area contributed by atoms with E-state index in [0.717, 1.165) is 6.54 Å². The van der Waals surface area contributed by atoms with Crippen LogP contribution in [0.15, 0.2) is 84.1 Å². The molecule has 4 aliphatic rings. The second kappa shape index (κ2) is 5.88. The molecule has 4 heterocycles. The molecule has 0 N–H and O–H groups in total. The Hall–Kier alpha value is -2.22. The molecule has 0 aliphatic carbocycles. The van der Waals surface area contributed by atoms with Gasteiger partial charge in [-0.15, -0.1) is 0 Å². The molecule has 0 aromatic carbocycles. The van der Waals surface area contributed by atoms with Gasteiger partial charge in [-0.2, -0.15) is 0 Å². The highest BCUT2D eigenvalue weighted by Crippen LogP contribution is 2.35. The number of hydrogen-bond donors (Lipinski definition) is 0. The first-order valence-electron chi connectivity index (χ1n) is 8.27. The van der Waals surface area contributed by atoms with Gasteiger partial charge in [-0.1, -0.05) is 30.7 Å². The lowest BCUT2D eigenvalue weighted by Gasteiger charge is -2.31. The molecule has 1 fully saturated rings. The molecule has 0 aromatic rings. The first-order chi connectivity index (χ1) is 10.9. The number of hydrogen-bond acceptors (Lipinski definition) is 2. The van der Waals surface area contributed by atoms with Crippen molar-refractivity contribution in [1.29, 1.82) is 0 Å². The summed E-state index contributed by atoms with van der Waals surface area (Å²) in [5.74, 6) is 0.517. The molecule has 0 bridgehead atoms. The maximum atomic E-state index is 2.56. The molecule has 2 heteroatoms. The number of fused-ring (bicyclic) bond motifs is 2. The second-order valence-corrected chi connectivity index (χ2v) is 6.20. The smallest absolute Gasteiger partial charge is 0.0452 e. The van der Waals surface area contributed by atoms with Gasteiger partial charge in [-0.25, -0.2) is 0 Å². The van der Waals surface area contributed by atoms with Gasteiger partial charge in [0.15, 0.2) is 0 Å². The van der Waals surface area contributed by atoms with Crippen molar-refractivity contribution in [3.8, 4) is 0 Å². The van der Waals surface area contributed by atoms with Crippen LogP contribution in [0.1, 0.15) is 19.3 Å². The summed E-state index contributed by atoms with van der Waals surface area (Å²) < 4.78 is 0. The quantitative estimate of drug-likeness (QED) is 0.712. The molecule has 0 spiro atoms. The SMILES string of the molecule is C1=CCN2CCCCC(C3=CC=CN4C=CC=CC4=C3)C2=C1. The molecule has 1 saturated heterocycles. The summed E-state index contributed by atoms with van der Waals surface area (Å²) in [5.41, 5.74) is 4.19. The van der Waals surface area contributed by atoms with Crippen molar-refractivity contribution >= 4 is 0 Å². The first kappa shape index (κ1) is 13.4. The number of rotatable bonds is 1. The van der Waals surface area contributed by atoms with Crippen LogP contribution in [0.4, 0.5) is 0 Å². The van der Waals surface area contributed by atoms with Gasteiger partial charge in [0, 0.05) is 42.8 Å². The maximum Gasteiger partial charge on any atom is 0.0452 e. The number of nitrogens with zero attached hydrogens (tertiary/aromatic N) is 2. The van der Waals surface area contributed by atoms with E-state index in [-0.39, 0.29) is 0 Å². The second-order valence-electron chi connectivity index (χ2n) is 6.20. The Morgan fingerprint density at radius 3 is 2.91 bits per heavy atom. The van der Waals surface area contributed by atoms with E-state index in [0.29, 0.717) is 5.92 Å². The molecule has 22 heavy (non-hydrogen) atoms. The lowest BCUT2D eigenvalue weighted by molar-refractivity contribution is 0.360. The minimum absolute atomic E-state index is 0.517. The Morgan fingerprint density at radius 2 is 1.91 bits per heavy atom. The van der Waals surface area contributed by atoms with Gasteiger partial charge in [0.25, 0.3) is 0 Å². The van der Waals surface area contributed by atoms with Gasteiger partial charge >= 0.3 is 0 Å². The van der Waals surface area contributed by atoms with E-state index in [2.05, 4.69) is 76.9 Å². The molecule has 0 amide bonds. The van der Waals surface area contributed by atoms with Crippen LogP contribution in [-0.2, 0) is 0 Å². The van der Waals surface area contributed by atoms with E-state index in [4.69, 9.17) is 0 Å². The summed E-state index contributed by atoms with van der Waals surface area (Å²) in [4.78, 5) is 4.74. The normalized spacial score (nSPS) is 26.5. The van der Waals surface area contributed by atoms with Crippen LogP contribution in [-0.4, -0.2) is 22.9 Å². The van der Waals surface area contributed by atoms with Gasteiger partial charge in [0.1, 0.15) is 0 Å². The van der Waals surface area contributed by atoms with Crippen LogP contribution in [0.5, 0.6) is 0 Å². The zero-order chi connectivity index (χ0) is 14.8. The highest BCUT2D eigenvalue weighted by atomic mass is 15.1. The van der Waals surface area contributed by atoms with Gasteiger partial charge in [-0.3, -0.25) is 0 Å². The Kier molecular flexibility index (Phi) is 3.59. The van der Waals surface area contributed by atoms with E-state index in [9.17, 15) is 0 Å². The molecule has 1 unspecified atom stereocenters. The van der Waals surface area contributed by atoms with Crippen LogP contribution >= 0.6 is 0 Å². The summed E-state index contributed by atoms with van der Waals surface area (Å²) in [6.07, 6.45) is 28.1. The Labute approximate surface area is 132 Å². The van der Waals surface area contributed by atoms with Crippen molar-refractivity contribution in [3.05, 3.63) is 84.1 Å². The van der Waals surface area contributed by atoms with Crippen LogP contribution in [0.3, 0.4) is 0 Å². The Morgan fingerprint density at radius 1 is 0.955 bits per heavy atom. The molecular formula is C20H22N2. The summed E-state index contributed by atoms with van der Waals surface area (Å²) in [5, 5.41) is 0. The fourth-order valence-corrected chi connectivity index (χ4v) is 3.67. The van der Waals surface area contributed by atoms with Crippen molar-refractivity contribution in [3.63, 3.8) is 0 Å². The van der Waals surface area contributed by atoms with Crippen LogP contribution in [0.2, 0.25) is 0 Å². The fourth-order valence-electron chi connectivity index (χ4n) is 3.67. The molecule has 1 atom stereocenters. The van der Waals surface area contributed by atoms with Crippen molar-refractivity contribution in [1.82, 2.24) is 9.80 Å². The number of allylic oxidation sites excluding steroid dienone is 9. The Bertz CT molecular complexity index is 655. The van der Waals surface area contributed by atoms with E-state index < -0.39 is 0 Å². The minimum atomic E-state index is 0.517. The summed E-state index contributed by atoms with van der Waals surface area (Å²) in [6, 6.07) is 0. The third-order valence-electron chi connectivity index (χ3n) is 4.80. The van der Waals surface area contributed by atoms with Crippen molar-refractivity contribution in [2.45, 2.75) is 19.3 Å². The van der Waals surface area contributed by atoms with Crippen LogP contribution in [0.25, 0.3) is 0 Å². The molecule has 0 aromatic heterocycles. The van der Waals surface area contributed by atoms with E-state index in [1.165, 1.54) is 42.8 Å². The van der Waals surface area contributed by atoms with Crippen molar-refractivity contribution < 1.29 is 0 Å². The van der Waals surface area contributed by atoms with E-state index in [1.54, 1.807) is 0 Å². The summed E-state index contributed by atoms with van der Waals surface area (Å²) in [6.45, 7) is 2.26. The van der Waals surface area contributed by atoms with Gasteiger partial charge in [0.2, 0.25) is 0 Å². The third-order valence-corrected chi connectivity index (χ3v) is 4.80. The van der Waals surface area contributed by atoms with Crippen LogP contribution < -0.4 is 0 Å². The van der Waals surface area contributed by atoms with Gasteiger partial charge < -0.3 is 9.80 Å². The predicted octanol–water partition coefficient (Wildman–Crippen LogP) is 4.27. The van der Waals surface area contributed by atoms with Gasteiger partial charge in [0.05, 0.1) is 0 Å². The van der Waals surface area contributed by atoms with E-state index in [1.807, 2.05) is 0 Å². The molecule has 112 valence electrons. The lowest BCUT2D eigenvalue weighted by atomic mass is 9.89. The van der Waals surface area contributed by atoms with Crippen molar-refractivity contribution in [2.24, 2.45) is 5.92 Å². The fraction of sp³-hybridized carbons (Fsp3) is 0.300. The largest absolute Gasteiger partial charge is 0.371 e. The Balaban J connectivity index is 1.70. The van der Waals surface area contributed by atoms with Crippen LogP contribution in [0, 0.1) is 5.92 Å². The van der Waals surface area contributed by atoms with E-state index >= 15 is 0 Å². The zero-order valence-electron chi connectivity index (χ0n) is 12.9. The molecule has 4 rings (SSSR count). The highest BCUT2D eigenvalue weighted by molar-refractivity contribution is 5.43. The standard InChI is InChI=1S/C20H22N2/c1-4-12-21-15-7-8-17(16-18(21)9-1)19-10-2-5-13-22-14-6-3-11-20(19)22/h1,3-4,6-9,11-12,15-16,19H,2,5,10,13-14H2. The van der Waals surface area contributed by atoms with Crippen molar-refractivity contribution in [2.75, 3.05) is 13.1 Å². The lowest BCUT2D eigenvalue weighted by Crippen LogP contribution is -2.28. The predicted molar refractivity (Wildman–Crippen MR) is 91.6 cm³/mol. The average molecular weight is 290 g/mol. The van der Waals surface area contributed by atoms with Gasteiger partial charge in [-0.05, 0) is 48.8 Å². The molecular weight excluding hydrogens is 268 g/mol. The zero-order valence-corrected chi connectivity index (χ0v) is 12.9. The molecule has 2 nitrogen and oxygen atoms in total. The molecule has 0 saturated carbocycles. The topological polar surface area (TPSA) is 6.48 Å².